The molecule has 5 rings (SSSR count). The largest absolute Gasteiger partial charge is 0.454 e. The summed E-state index contributed by atoms with van der Waals surface area (Å²) >= 11 is 0. The van der Waals surface area contributed by atoms with Crippen LogP contribution in [0.3, 0.4) is 0 Å². The maximum absolute atomic E-state index is 5.82. The summed E-state index contributed by atoms with van der Waals surface area (Å²) in [6.07, 6.45) is 3.53. The lowest BCUT2D eigenvalue weighted by Crippen LogP contribution is -1.89. The summed E-state index contributed by atoms with van der Waals surface area (Å²) in [5.74, 6) is 0. The SMILES string of the molecule is c1cnc2ccc(-c3cc4c(cn3)oc3ccccc34)nc2c1. The van der Waals surface area contributed by atoms with E-state index in [4.69, 9.17) is 4.42 Å². The molecular formula is C19H11N3O. The Balaban J connectivity index is 1.76. The van der Waals surface area contributed by atoms with Crippen LogP contribution in [0.2, 0.25) is 0 Å². The second kappa shape index (κ2) is 4.61. The van der Waals surface area contributed by atoms with Crippen molar-refractivity contribution < 1.29 is 4.42 Å². The Hall–Kier alpha value is -3.27. The van der Waals surface area contributed by atoms with Crippen molar-refractivity contribution in [2.24, 2.45) is 0 Å². The molecule has 0 saturated carbocycles. The molecule has 0 aliphatic heterocycles. The molecule has 0 aliphatic rings. The summed E-state index contributed by atoms with van der Waals surface area (Å²) in [6.45, 7) is 0. The molecule has 108 valence electrons. The van der Waals surface area contributed by atoms with E-state index in [0.29, 0.717) is 0 Å². The Morgan fingerprint density at radius 1 is 0.696 bits per heavy atom. The number of nitrogens with zero attached hydrogens (tertiary/aromatic N) is 3. The summed E-state index contributed by atoms with van der Waals surface area (Å²) in [7, 11) is 0. The lowest BCUT2D eigenvalue weighted by atomic mass is 10.1. The summed E-state index contributed by atoms with van der Waals surface area (Å²) in [6, 6.07) is 17.8. The molecule has 0 unspecified atom stereocenters. The molecule has 0 N–H and O–H groups in total. The van der Waals surface area contributed by atoms with Crippen LogP contribution in [0, 0.1) is 0 Å². The first-order chi connectivity index (χ1) is 11.4. The molecule has 0 aliphatic carbocycles. The zero-order valence-corrected chi connectivity index (χ0v) is 12.1. The van der Waals surface area contributed by atoms with Crippen LogP contribution in [0.4, 0.5) is 0 Å². The Labute approximate surface area is 131 Å². The quantitative estimate of drug-likeness (QED) is 0.454. The molecule has 1 aromatic carbocycles. The van der Waals surface area contributed by atoms with Gasteiger partial charge >= 0.3 is 0 Å². The van der Waals surface area contributed by atoms with Crippen molar-refractivity contribution in [3.63, 3.8) is 0 Å². The number of rotatable bonds is 1. The first-order valence-corrected chi connectivity index (χ1v) is 7.38. The van der Waals surface area contributed by atoms with Crippen molar-refractivity contribution in [1.82, 2.24) is 15.0 Å². The van der Waals surface area contributed by atoms with Crippen molar-refractivity contribution in [2.45, 2.75) is 0 Å². The molecule has 4 nitrogen and oxygen atoms in total. The van der Waals surface area contributed by atoms with Crippen LogP contribution in [0.15, 0.2) is 71.4 Å². The van der Waals surface area contributed by atoms with Crippen LogP contribution in [0.5, 0.6) is 0 Å². The number of hydrogen-bond acceptors (Lipinski definition) is 4. The van der Waals surface area contributed by atoms with E-state index in [9.17, 15) is 0 Å². The fourth-order valence-corrected chi connectivity index (χ4v) is 2.87. The third-order valence-electron chi connectivity index (χ3n) is 3.98. The van der Waals surface area contributed by atoms with E-state index in [-0.39, 0.29) is 0 Å². The summed E-state index contributed by atoms with van der Waals surface area (Å²) in [5, 5.41) is 2.15. The Morgan fingerprint density at radius 3 is 2.65 bits per heavy atom. The molecule has 0 fully saturated rings. The lowest BCUT2D eigenvalue weighted by molar-refractivity contribution is 0.667. The molecule has 4 heterocycles. The molecule has 0 amide bonds. The second-order valence-electron chi connectivity index (χ2n) is 5.40. The van der Waals surface area contributed by atoms with E-state index in [1.807, 2.05) is 48.5 Å². The van der Waals surface area contributed by atoms with Gasteiger partial charge in [-0.2, -0.15) is 0 Å². The number of fused-ring (bicyclic) bond motifs is 4. The molecule has 0 radical (unpaired) electrons. The monoisotopic (exact) mass is 297 g/mol. The minimum Gasteiger partial charge on any atom is -0.454 e. The predicted octanol–water partition coefficient (Wildman–Crippen LogP) is 4.59. The third kappa shape index (κ3) is 1.89. The van der Waals surface area contributed by atoms with Crippen LogP contribution < -0.4 is 0 Å². The lowest BCUT2D eigenvalue weighted by Gasteiger charge is -2.02. The van der Waals surface area contributed by atoms with Gasteiger partial charge in [0, 0.05) is 17.0 Å². The molecule has 23 heavy (non-hydrogen) atoms. The molecule has 0 saturated heterocycles. The number of furan rings is 1. The van der Waals surface area contributed by atoms with Gasteiger partial charge in [-0.3, -0.25) is 9.97 Å². The Morgan fingerprint density at radius 2 is 1.65 bits per heavy atom. The van der Waals surface area contributed by atoms with Crippen molar-refractivity contribution in [1.29, 1.82) is 0 Å². The van der Waals surface area contributed by atoms with E-state index in [2.05, 4.69) is 21.0 Å². The van der Waals surface area contributed by atoms with Gasteiger partial charge in [0.25, 0.3) is 0 Å². The van der Waals surface area contributed by atoms with Crippen molar-refractivity contribution in [3.8, 4) is 11.4 Å². The van der Waals surface area contributed by atoms with Crippen LogP contribution >= 0.6 is 0 Å². The first-order valence-electron chi connectivity index (χ1n) is 7.38. The summed E-state index contributed by atoms with van der Waals surface area (Å²) in [4.78, 5) is 13.5. The van der Waals surface area contributed by atoms with Gasteiger partial charge < -0.3 is 4.42 Å². The number of pyridine rings is 3. The highest BCUT2D eigenvalue weighted by atomic mass is 16.3. The van der Waals surface area contributed by atoms with Crippen molar-refractivity contribution in [3.05, 3.63) is 67.0 Å². The fourth-order valence-electron chi connectivity index (χ4n) is 2.87. The molecule has 0 atom stereocenters. The van der Waals surface area contributed by atoms with Crippen LogP contribution in [-0.2, 0) is 0 Å². The van der Waals surface area contributed by atoms with Gasteiger partial charge in [0.15, 0.2) is 5.58 Å². The molecular weight excluding hydrogens is 286 g/mol. The maximum Gasteiger partial charge on any atom is 0.153 e. The smallest absolute Gasteiger partial charge is 0.153 e. The molecule has 4 aromatic heterocycles. The second-order valence-corrected chi connectivity index (χ2v) is 5.40. The Bertz CT molecular complexity index is 1180. The number of aromatic nitrogens is 3. The first kappa shape index (κ1) is 12.3. The number of benzene rings is 1. The number of hydrogen-bond donors (Lipinski definition) is 0. The van der Waals surface area contributed by atoms with Gasteiger partial charge in [0.1, 0.15) is 5.58 Å². The standard InChI is InChI=1S/C19H11N3O/c1-2-6-18-12(4-1)13-10-17(21-11-19(13)23-18)16-8-7-14-15(22-16)5-3-9-20-14/h1-11H. The van der Waals surface area contributed by atoms with Gasteiger partial charge in [0.2, 0.25) is 0 Å². The molecule has 4 heteroatoms. The van der Waals surface area contributed by atoms with Crippen molar-refractivity contribution in [2.75, 3.05) is 0 Å². The van der Waals surface area contributed by atoms with Crippen LogP contribution in [0.25, 0.3) is 44.4 Å². The zero-order valence-electron chi connectivity index (χ0n) is 12.1. The van der Waals surface area contributed by atoms with Gasteiger partial charge in [0.05, 0.1) is 28.6 Å². The molecule has 0 bridgehead atoms. The van der Waals surface area contributed by atoms with E-state index >= 15 is 0 Å². The van der Waals surface area contributed by atoms with Crippen LogP contribution in [-0.4, -0.2) is 15.0 Å². The average Bonchev–Trinajstić information content (AvgIpc) is 2.99. The van der Waals surface area contributed by atoms with Crippen molar-refractivity contribution >= 4 is 33.0 Å². The minimum absolute atomic E-state index is 0.789. The van der Waals surface area contributed by atoms with E-state index in [1.165, 1.54) is 0 Å². The van der Waals surface area contributed by atoms with Gasteiger partial charge in [-0.1, -0.05) is 18.2 Å². The van der Waals surface area contributed by atoms with Gasteiger partial charge in [-0.05, 0) is 36.4 Å². The molecule has 5 aromatic rings. The van der Waals surface area contributed by atoms with Crippen LogP contribution in [0.1, 0.15) is 0 Å². The third-order valence-corrected chi connectivity index (χ3v) is 3.98. The summed E-state index contributed by atoms with van der Waals surface area (Å²) < 4.78 is 5.82. The minimum atomic E-state index is 0.789. The number of para-hydroxylation sites is 1. The van der Waals surface area contributed by atoms with Gasteiger partial charge in [-0.15, -0.1) is 0 Å². The maximum atomic E-state index is 5.82. The average molecular weight is 297 g/mol. The highest BCUT2D eigenvalue weighted by Gasteiger charge is 2.10. The highest BCUT2D eigenvalue weighted by Crippen LogP contribution is 2.30. The predicted molar refractivity (Wildman–Crippen MR) is 90.0 cm³/mol. The van der Waals surface area contributed by atoms with E-state index < -0.39 is 0 Å². The Kier molecular flexibility index (Phi) is 2.46. The summed E-state index contributed by atoms with van der Waals surface area (Å²) in [5.41, 5.74) is 5.07. The topological polar surface area (TPSA) is 51.8 Å². The normalized spacial score (nSPS) is 11.5. The zero-order chi connectivity index (χ0) is 15.2. The van der Waals surface area contributed by atoms with E-state index in [1.54, 1.807) is 12.4 Å². The van der Waals surface area contributed by atoms with E-state index in [0.717, 1.165) is 44.4 Å². The fraction of sp³-hybridized carbons (Fsp3) is 0. The molecule has 0 spiro atoms. The highest BCUT2D eigenvalue weighted by molar-refractivity contribution is 6.05. The van der Waals surface area contributed by atoms with Gasteiger partial charge in [-0.25, -0.2) is 4.98 Å².